The number of carboxylic acid groups (broad SMARTS) is 1. The highest BCUT2D eigenvalue weighted by Gasteiger charge is 2.00. The minimum atomic E-state index is -0.963. The molecule has 3 N–H and O–H groups in total. The third-order valence-electron chi connectivity index (χ3n) is 1.61. The van der Waals surface area contributed by atoms with Crippen LogP contribution in [0.1, 0.15) is 17.3 Å². The maximum absolute atomic E-state index is 10.9. The molecular weight excluding hydrogens is 230 g/mol. The summed E-state index contributed by atoms with van der Waals surface area (Å²) in [6, 6.07) is 8.28. The van der Waals surface area contributed by atoms with Gasteiger partial charge >= 0.3 is 5.97 Å². The highest BCUT2D eigenvalue weighted by molar-refractivity contribution is 6.30. The molecule has 0 aliphatic heterocycles. The van der Waals surface area contributed by atoms with Gasteiger partial charge in [0.25, 0.3) is 0 Å². The molecule has 0 aliphatic rings. The van der Waals surface area contributed by atoms with E-state index < -0.39 is 12.0 Å². The lowest BCUT2D eigenvalue weighted by molar-refractivity contribution is -0.138. The quantitative estimate of drug-likeness (QED) is 0.623. The van der Waals surface area contributed by atoms with Crippen LogP contribution in [-0.2, 0) is 4.79 Å². The predicted molar refractivity (Wildman–Crippen MR) is 62.8 cm³/mol. The average molecular weight is 244 g/mol. The number of alkyl halides is 1. The molecule has 1 aromatic carbocycles. The molecule has 0 saturated carbocycles. The highest BCUT2D eigenvalue weighted by Crippen LogP contribution is 2.00. The Morgan fingerprint density at radius 2 is 1.81 bits per heavy atom. The molecule has 1 unspecified atom stereocenters. The van der Waals surface area contributed by atoms with Crippen LogP contribution >= 0.6 is 11.6 Å². The van der Waals surface area contributed by atoms with Crippen LogP contribution in [-0.4, -0.2) is 28.8 Å². The first-order chi connectivity index (χ1) is 7.49. The monoisotopic (exact) mass is 243 g/mol. The maximum atomic E-state index is 10.9. The Balaban J connectivity index is 0.000000325. The number of hydrogen-bond donors (Lipinski definition) is 2. The van der Waals surface area contributed by atoms with Crippen molar-refractivity contribution in [3.8, 4) is 0 Å². The molecule has 1 atom stereocenters. The standard InChI is InChI=1S/C8H7ClO.C3H7NO2/c9-6-8(10)7-4-2-1-3-5-7;1-2(4)3(5)6/h1-5H,6H2;2H,4H2,1H3,(H,5,6). The third-order valence-corrected chi connectivity index (χ3v) is 1.85. The van der Waals surface area contributed by atoms with E-state index >= 15 is 0 Å². The van der Waals surface area contributed by atoms with Gasteiger partial charge in [0.15, 0.2) is 5.78 Å². The van der Waals surface area contributed by atoms with Gasteiger partial charge in [0, 0.05) is 5.56 Å². The minimum Gasteiger partial charge on any atom is -0.480 e. The highest BCUT2D eigenvalue weighted by atomic mass is 35.5. The summed E-state index contributed by atoms with van der Waals surface area (Å²) in [5.41, 5.74) is 5.51. The van der Waals surface area contributed by atoms with Crippen molar-refractivity contribution in [2.24, 2.45) is 5.73 Å². The molecule has 0 bridgehead atoms. The van der Waals surface area contributed by atoms with E-state index in [1.807, 2.05) is 18.2 Å². The smallest absolute Gasteiger partial charge is 0.320 e. The lowest BCUT2D eigenvalue weighted by Gasteiger charge is -1.92. The van der Waals surface area contributed by atoms with E-state index in [0.29, 0.717) is 5.56 Å². The van der Waals surface area contributed by atoms with E-state index in [-0.39, 0.29) is 11.7 Å². The summed E-state index contributed by atoms with van der Waals surface area (Å²) in [5, 5.41) is 7.87. The number of aliphatic carboxylic acids is 1. The minimum absolute atomic E-state index is 0.0257. The number of Topliss-reactive ketones (excluding diaryl/α,β-unsaturated/α-hetero) is 1. The zero-order valence-corrected chi connectivity index (χ0v) is 9.65. The first-order valence-electron chi connectivity index (χ1n) is 4.61. The van der Waals surface area contributed by atoms with Crippen molar-refractivity contribution in [2.45, 2.75) is 13.0 Å². The number of benzene rings is 1. The van der Waals surface area contributed by atoms with Gasteiger partial charge < -0.3 is 10.8 Å². The number of hydrogen-bond acceptors (Lipinski definition) is 3. The van der Waals surface area contributed by atoms with Crippen molar-refractivity contribution in [3.05, 3.63) is 35.9 Å². The van der Waals surface area contributed by atoms with Gasteiger partial charge in [-0.2, -0.15) is 0 Å². The van der Waals surface area contributed by atoms with Crippen LogP contribution in [0.25, 0.3) is 0 Å². The van der Waals surface area contributed by atoms with Gasteiger partial charge in [0.1, 0.15) is 6.04 Å². The van der Waals surface area contributed by atoms with E-state index in [2.05, 4.69) is 0 Å². The fourth-order valence-corrected chi connectivity index (χ4v) is 0.856. The summed E-state index contributed by atoms with van der Waals surface area (Å²) in [6.45, 7) is 1.42. The van der Waals surface area contributed by atoms with Crippen LogP contribution in [0.5, 0.6) is 0 Å². The second-order valence-electron chi connectivity index (χ2n) is 3.05. The average Bonchev–Trinajstić information content (AvgIpc) is 2.30. The van der Waals surface area contributed by atoms with E-state index in [4.69, 9.17) is 22.4 Å². The number of carboxylic acids is 1. The largest absolute Gasteiger partial charge is 0.480 e. The molecule has 0 aromatic heterocycles. The van der Waals surface area contributed by atoms with Crippen LogP contribution in [0.4, 0.5) is 0 Å². The molecular formula is C11H14ClNO3. The number of nitrogens with two attached hydrogens (primary N) is 1. The topological polar surface area (TPSA) is 80.4 Å². The first kappa shape index (κ1) is 14.6. The second kappa shape index (κ2) is 7.84. The zero-order valence-electron chi connectivity index (χ0n) is 8.89. The Bertz CT molecular complexity index is 338. The zero-order chi connectivity index (χ0) is 12.6. The van der Waals surface area contributed by atoms with Gasteiger partial charge in [-0.15, -0.1) is 11.6 Å². The summed E-state index contributed by atoms with van der Waals surface area (Å²) in [6.07, 6.45) is 0. The van der Waals surface area contributed by atoms with Crippen LogP contribution in [0.2, 0.25) is 0 Å². The molecule has 1 rings (SSSR count). The molecule has 0 fully saturated rings. The third kappa shape index (κ3) is 6.16. The molecule has 0 aliphatic carbocycles. The van der Waals surface area contributed by atoms with Crippen molar-refractivity contribution in [2.75, 3.05) is 5.88 Å². The molecule has 16 heavy (non-hydrogen) atoms. The van der Waals surface area contributed by atoms with Crippen LogP contribution in [0.3, 0.4) is 0 Å². The van der Waals surface area contributed by atoms with Gasteiger partial charge in [-0.1, -0.05) is 30.3 Å². The number of rotatable bonds is 3. The Kier molecular flexibility index (Phi) is 7.16. The lowest BCUT2D eigenvalue weighted by atomic mass is 10.2. The Hall–Kier alpha value is -1.39. The fourth-order valence-electron chi connectivity index (χ4n) is 0.701. The van der Waals surface area contributed by atoms with E-state index in [0.717, 1.165) is 0 Å². The number of carbonyl (C=O) groups excluding carboxylic acids is 1. The van der Waals surface area contributed by atoms with E-state index in [1.165, 1.54) is 6.92 Å². The fraction of sp³-hybridized carbons (Fsp3) is 0.273. The molecule has 0 saturated heterocycles. The van der Waals surface area contributed by atoms with Gasteiger partial charge in [0.2, 0.25) is 0 Å². The van der Waals surface area contributed by atoms with Crippen LogP contribution < -0.4 is 5.73 Å². The Morgan fingerprint density at radius 3 is 2.12 bits per heavy atom. The summed E-state index contributed by atoms with van der Waals surface area (Å²) in [5.74, 6) is -0.929. The van der Waals surface area contributed by atoms with Gasteiger partial charge in [0.05, 0.1) is 5.88 Å². The lowest BCUT2D eigenvalue weighted by Crippen LogP contribution is -2.25. The normalized spacial score (nSPS) is 10.9. The van der Waals surface area contributed by atoms with Crippen molar-refractivity contribution in [1.82, 2.24) is 0 Å². The van der Waals surface area contributed by atoms with Crippen molar-refractivity contribution >= 4 is 23.4 Å². The second-order valence-corrected chi connectivity index (χ2v) is 3.32. The van der Waals surface area contributed by atoms with Gasteiger partial charge in [-0.3, -0.25) is 9.59 Å². The number of halogens is 1. The molecule has 0 heterocycles. The van der Waals surface area contributed by atoms with Crippen molar-refractivity contribution in [1.29, 1.82) is 0 Å². The van der Waals surface area contributed by atoms with Crippen molar-refractivity contribution in [3.63, 3.8) is 0 Å². The summed E-state index contributed by atoms with van der Waals surface area (Å²) in [7, 11) is 0. The van der Waals surface area contributed by atoms with E-state index in [1.54, 1.807) is 12.1 Å². The SMILES string of the molecule is CC(N)C(=O)O.O=C(CCl)c1ccccc1. The molecule has 1 aromatic rings. The molecule has 88 valence electrons. The van der Waals surface area contributed by atoms with Gasteiger partial charge in [-0.25, -0.2) is 0 Å². The van der Waals surface area contributed by atoms with E-state index in [9.17, 15) is 9.59 Å². The van der Waals surface area contributed by atoms with Crippen LogP contribution in [0, 0.1) is 0 Å². The molecule has 0 amide bonds. The Morgan fingerprint density at radius 1 is 1.38 bits per heavy atom. The molecule has 4 nitrogen and oxygen atoms in total. The maximum Gasteiger partial charge on any atom is 0.320 e. The first-order valence-corrected chi connectivity index (χ1v) is 5.15. The molecule has 0 spiro atoms. The summed E-state index contributed by atoms with van der Waals surface area (Å²) < 4.78 is 0. The molecule has 0 radical (unpaired) electrons. The van der Waals surface area contributed by atoms with Crippen LogP contribution in [0.15, 0.2) is 30.3 Å². The van der Waals surface area contributed by atoms with Crippen molar-refractivity contribution < 1.29 is 14.7 Å². The predicted octanol–water partition coefficient (Wildman–Crippen LogP) is 1.53. The van der Waals surface area contributed by atoms with Gasteiger partial charge in [-0.05, 0) is 6.92 Å². The number of ketones is 1. The Labute approximate surface area is 99.0 Å². The summed E-state index contributed by atoms with van der Waals surface area (Å²) >= 11 is 5.34. The number of carbonyl (C=O) groups is 2. The summed E-state index contributed by atoms with van der Waals surface area (Å²) in [4.78, 5) is 20.5. The molecule has 5 heteroatoms.